The summed E-state index contributed by atoms with van der Waals surface area (Å²) in [6, 6.07) is 5.44. The minimum absolute atomic E-state index is 0.148. The van der Waals surface area contributed by atoms with Crippen LogP contribution in [0.4, 0.5) is 0 Å². The summed E-state index contributed by atoms with van der Waals surface area (Å²) in [6.07, 6.45) is 2.80. The number of benzene rings is 1. The molecule has 1 aliphatic carbocycles. The van der Waals surface area contributed by atoms with Gasteiger partial charge >= 0.3 is 0 Å². The number of hydrogen-bond acceptors (Lipinski definition) is 2. The van der Waals surface area contributed by atoms with Gasteiger partial charge in [-0.15, -0.1) is 0 Å². The first-order valence-electron chi connectivity index (χ1n) is 5.97. The molecular formula is C14H19ClO2. The van der Waals surface area contributed by atoms with E-state index in [1.54, 1.807) is 13.2 Å². The van der Waals surface area contributed by atoms with E-state index in [0.29, 0.717) is 10.8 Å². The first kappa shape index (κ1) is 12.7. The molecule has 1 aromatic rings. The topological polar surface area (TPSA) is 29.5 Å². The Morgan fingerprint density at radius 2 is 2.00 bits per heavy atom. The van der Waals surface area contributed by atoms with Crippen LogP contribution in [0, 0.1) is 5.41 Å². The van der Waals surface area contributed by atoms with Crippen LogP contribution >= 0.6 is 11.6 Å². The molecule has 0 spiro atoms. The Bertz CT molecular complexity index is 428. The molecule has 0 amide bonds. The Labute approximate surface area is 108 Å². The van der Waals surface area contributed by atoms with Crippen molar-refractivity contribution in [2.45, 2.75) is 38.7 Å². The van der Waals surface area contributed by atoms with Crippen molar-refractivity contribution in [3.8, 4) is 5.75 Å². The Hall–Kier alpha value is -0.730. The van der Waals surface area contributed by atoms with Crippen molar-refractivity contribution in [3.05, 3.63) is 28.8 Å². The fourth-order valence-electron chi connectivity index (χ4n) is 2.83. The monoisotopic (exact) mass is 254 g/mol. The van der Waals surface area contributed by atoms with Gasteiger partial charge in [0.05, 0.1) is 12.7 Å². The van der Waals surface area contributed by atoms with Crippen molar-refractivity contribution in [3.63, 3.8) is 0 Å². The van der Waals surface area contributed by atoms with E-state index in [4.69, 9.17) is 16.3 Å². The smallest absolute Gasteiger partial charge is 0.125 e. The molecule has 1 unspecified atom stereocenters. The molecule has 1 aliphatic rings. The zero-order chi connectivity index (χ0) is 12.7. The van der Waals surface area contributed by atoms with Gasteiger partial charge in [0.25, 0.3) is 0 Å². The van der Waals surface area contributed by atoms with E-state index in [-0.39, 0.29) is 5.41 Å². The largest absolute Gasteiger partial charge is 0.496 e. The molecule has 0 aliphatic heterocycles. The second-order valence-corrected chi connectivity index (χ2v) is 5.88. The summed E-state index contributed by atoms with van der Waals surface area (Å²) in [6.45, 7) is 4.20. The van der Waals surface area contributed by atoms with Gasteiger partial charge in [0.1, 0.15) is 5.75 Å². The van der Waals surface area contributed by atoms with Gasteiger partial charge in [-0.05, 0) is 42.9 Å². The maximum atomic E-state index is 11.0. The third-order valence-electron chi connectivity index (χ3n) is 4.07. The summed E-state index contributed by atoms with van der Waals surface area (Å²) in [5, 5.41) is 11.6. The lowest BCUT2D eigenvalue weighted by Gasteiger charge is -2.38. The van der Waals surface area contributed by atoms with E-state index < -0.39 is 5.60 Å². The minimum Gasteiger partial charge on any atom is -0.496 e. The van der Waals surface area contributed by atoms with Gasteiger partial charge in [-0.3, -0.25) is 0 Å². The number of ether oxygens (including phenoxy) is 1. The minimum atomic E-state index is -0.844. The molecule has 1 fully saturated rings. The molecule has 94 valence electrons. The molecule has 0 aromatic heterocycles. The molecule has 2 rings (SSSR count). The van der Waals surface area contributed by atoms with Crippen LogP contribution in [-0.4, -0.2) is 12.2 Å². The highest BCUT2D eigenvalue weighted by molar-refractivity contribution is 6.30. The van der Waals surface area contributed by atoms with Crippen LogP contribution in [0.3, 0.4) is 0 Å². The number of aliphatic hydroxyl groups is 1. The zero-order valence-corrected chi connectivity index (χ0v) is 11.3. The summed E-state index contributed by atoms with van der Waals surface area (Å²) < 4.78 is 5.35. The Balaban J connectivity index is 2.56. The second-order valence-electron chi connectivity index (χ2n) is 5.44. The summed E-state index contributed by atoms with van der Waals surface area (Å²) in [7, 11) is 1.62. The van der Waals surface area contributed by atoms with Crippen LogP contribution in [0.1, 0.15) is 38.7 Å². The standard InChI is InChI=1S/C14H19ClO2/c1-13(2)7-4-8-14(13,16)11-9-10(15)5-6-12(11)17-3/h5-6,9,16H,4,7-8H2,1-3H3. The average molecular weight is 255 g/mol. The van der Waals surface area contributed by atoms with Crippen LogP contribution in [0.15, 0.2) is 18.2 Å². The van der Waals surface area contributed by atoms with E-state index in [1.165, 1.54) is 0 Å². The number of hydrogen-bond donors (Lipinski definition) is 1. The third-order valence-corrected chi connectivity index (χ3v) is 4.30. The van der Waals surface area contributed by atoms with Gasteiger partial charge in [0.2, 0.25) is 0 Å². The first-order valence-corrected chi connectivity index (χ1v) is 6.35. The molecule has 0 bridgehead atoms. The maximum absolute atomic E-state index is 11.0. The molecule has 1 saturated carbocycles. The molecule has 3 heteroatoms. The Kier molecular flexibility index (Phi) is 3.13. The highest BCUT2D eigenvalue weighted by atomic mass is 35.5. The molecule has 17 heavy (non-hydrogen) atoms. The molecule has 0 radical (unpaired) electrons. The van der Waals surface area contributed by atoms with E-state index in [2.05, 4.69) is 13.8 Å². The zero-order valence-electron chi connectivity index (χ0n) is 10.6. The van der Waals surface area contributed by atoms with Crippen molar-refractivity contribution in [2.24, 2.45) is 5.41 Å². The average Bonchev–Trinajstić information content (AvgIpc) is 2.54. The Morgan fingerprint density at radius 1 is 1.29 bits per heavy atom. The van der Waals surface area contributed by atoms with Crippen LogP contribution in [0.2, 0.25) is 5.02 Å². The first-order chi connectivity index (χ1) is 7.90. The van der Waals surface area contributed by atoms with Crippen molar-refractivity contribution in [2.75, 3.05) is 7.11 Å². The lowest BCUT2D eigenvalue weighted by Crippen LogP contribution is -2.37. The molecule has 0 saturated heterocycles. The number of methoxy groups -OCH3 is 1. The predicted octanol–water partition coefficient (Wildman–Crippen LogP) is 3.75. The lowest BCUT2D eigenvalue weighted by atomic mass is 9.73. The van der Waals surface area contributed by atoms with Crippen LogP contribution in [-0.2, 0) is 5.60 Å². The molecule has 1 N–H and O–H groups in total. The molecule has 1 aromatic carbocycles. The molecule has 2 nitrogen and oxygen atoms in total. The van der Waals surface area contributed by atoms with Gasteiger partial charge < -0.3 is 9.84 Å². The maximum Gasteiger partial charge on any atom is 0.125 e. The molecule has 1 atom stereocenters. The SMILES string of the molecule is COc1ccc(Cl)cc1C1(O)CCCC1(C)C. The van der Waals surface area contributed by atoms with Gasteiger partial charge in [0.15, 0.2) is 0 Å². The summed E-state index contributed by atoms with van der Waals surface area (Å²) >= 11 is 6.04. The van der Waals surface area contributed by atoms with Gasteiger partial charge in [0, 0.05) is 10.6 Å². The van der Waals surface area contributed by atoms with E-state index in [1.807, 2.05) is 12.1 Å². The summed E-state index contributed by atoms with van der Waals surface area (Å²) in [4.78, 5) is 0. The Morgan fingerprint density at radius 3 is 2.53 bits per heavy atom. The number of rotatable bonds is 2. The van der Waals surface area contributed by atoms with Crippen molar-refractivity contribution in [1.29, 1.82) is 0 Å². The van der Waals surface area contributed by atoms with Gasteiger partial charge in [-0.25, -0.2) is 0 Å². The molecule has 0 heterocycles. The lowest BCUT2D eigenvalue weighted by molar-refractivity contribution is -0.0500. The third kappa shape index (κ3) is 1.94. The molecular weight excluding hydrogens is 236 g/mol. The second kappa shape index (κ2) is 4.18. The van der Waals surface area contributed by atoms with Crippen LogP contribution in [0.25, 0.3) is 0 Å². The highest BCUT2D eigenvalue weighted by Crippen LogP contribution is 2.54. The van der Waals surface area contributed by atoms with Crippen LogP contribution < -0.4 is 4.74 Å². The van der Waals surface area contributed by atoms with E-state index in [0.717, 1.165) is 24.8 Å². The predicted molar refractivity (Wildman–Crippen MR) is 69.5 cm³/mol. The number of halogens is 1. The normalized spacial score (nSPS) is 27.1. The summed E-state index contributed by atoms with van der Waals surface area (Å²) in [5.74, 6) is 0.715. The van der Waals surface area contributed by atoms with Gasteiger partial charge in [-0.1, -0.05) is 25.4 Å². The van der Waals surface area contributed by atoms with Crippen LogP contribution in [0.5, 0.6) is 5.75 Å². The van der Waals surface area contributed by atoms with Gasteiger partial charge in [-0.2, -0.15) is 0 Å². The summed E-state index contributed by atoms with van der Waals surface area (Å²) in [5.41, 5.74) is -0.177. The van der Waals surface area contributed by atoms with Crippen molar-refractivity contribution in [1.82, 2.24) is 0 Å². The highest BCUT2D eigenvalue weighted by Gasteiger charge is 2.50. The van der Waals surface area contributed by atoms with Crippen molar-refractivity contribution >= 4 is 11.6 Å². The van der Waals surface area contributed by atoms with E-state index >= 15 is 0 Å². The van der Waals surface area contributed by atoms with Crippen molar-refractivity contribution < 1.29 is 9.84 Å². The fraction of sp³-hybridized carbons (Fsp3) is 0.571. The fourth-order valence-corrected chi connectivity index (χ4v) is 3.01. The quantitative estimate of drug-likeness (QED) is 0.871. The van der Waals surface area contributed by atoms with E-state index in [9.17, 15) is 5.11 Å².